The Morgan fingerprint density at radius 2 is 2.17 bits per heavy atom. The predicted molar refractivity (Wildman–Crippen MR) is 78.3 cm³/mol. The van der Waals surface area contributed by atoms with Crippen molar-refractivity contribution in [1.29, 1.82) is 0 Å². The van der Waals surface area contributed by atoms with Crippen molar-refractivity contribution in [3.8, 4) is 0 Å². The summed E-state index contributed by atoms with van der Waals surface area (Å²) in [7, 11) is 0. The van der Waals surface area contributed by atoms with Crippen LogP contribution in [0.25, 0.3) is 0 Å². The first-order valence-electron chi connectivity index (χ1n) is 6.56. The van der Waals surface area contributed by atoms with E-state index >= 15 is 0 Å². The summed E-state index contributed by atoms with van der Waals surface area (Å²) in [6, 6.07) is 5.97. The standard InChI is InChI=1S/C15H20BrNO/c1-10-3-6-14(11(2)7-10)15(18)17-9-12-4-5-13(16)8-12/h3,6-7,12-13H,4-5,8-9H2,1-2H3,(H,17,18). The van der Waals surface area contributed by atoms with Crippen LogP contribution in [0.3, 0.4) is 0 Å². The fourth-order valence-electron chi connectivity index (χ4n) is 2.60. The van der Waals surface area contributed by atoms with Gasteiger partial charge in [-0.3, -0.25) is 4.79 Å². The molecule has 1 aliphatic rings. The van der Waals surface area contributed by atoms with E-state index in [-0.39, 0.29) is 5.91 Å². The highest BCUT2D eigenvalue weighted by atomic mass is 79.9. The molecule has 2 unspecified atom stereocenters. The topological polar surface area (TPSA) is 29.1 Å². The van der Waals surface area contributed by atoms with Crippen LogP contribution < -0.4 is 5.32 Å². The molecule has 2 rings (SSSR count). The van der Waals surface area contributed by atoms with Crippen molar-refractivity contribution in [2.45, 2.75) is 37.9 Å². The van der Waals surface area contributed by atoms with E-state index in [1.807, 2.05) is 26.0 Å². The first-order chi connectivity index (χ1) is 8.56. The summed E-state index contributed by atoms with van der Waals surface area (Å²) in [5, 5.41) is 3.06. The zero-order valence-electron chi connectivity index (χ0n) is 11.0. The van der Waals surface area contributed by atoms with Gasteiger partial charge < -0.3 is 5.32 Å². The molecule has 0 spiro atoms. The molecule has 1 N–H and O–H groups in total. The molecule has 0 aliphatic heterocycles. The van der Waals surface area contributed by atoms with Gasteiger partial charge in [-0.25, -0.2) is 0 Å². The molecular weight excluding hydrogens is 290 g/mol. The lowest BCUT2D eigenvalue weighted by Crippen LogP contribution is -2.29. The molecular formula is C15H20BrNO. The maximum absolute atomic E-state index is 12.1. The first kappa shape index (κ1) is 13.6. The number of hydrogen-bond donors (Lipinski definition) is 1. The molecule has 1 aliphatic carbocycles. The van der Waals surface area contributed by atoms with E-state index < -0.39 is 0 Å². The van der Waals surface area contributed by atoms with E-state index in [1.54, 1.807) is 0 Å². The normalized spacial score (nSPS) is 23.1. The highest BCUT2D eigenvalue weighted by Crippen LogP contribution is 2.30. The Morgan fingerprint density at radius 3 is 2.78 bits per heavy atom. The second-order valence-corrected chi connectivity index (χ2v) is 6.60. The molecule has 2 nitrogen and oxygen atoms in total. The van der Waals surface area contributed by atoms with Crippen LogP contribution in [0.4, 0.5) is 0 Å². The summed E-state index contributed by atoms with van der Waals surface area (Å²) < 4.78 is 0. The molecule has 1 fully saturated rings. The summed E-state index contributed by atoms with van der Waals surface area (Å²) >= 11 is 3.64. The fourth-order valence-corrected chi connectivity index (χ4v) is 3.39. The van der Waals surface area contributed by atoms with Gasteiger partial charge in [0.1, 0.15) is 0 Å². The van der Waals surface area contributed by atoms with Gasteiger partial charge in [0.05, 0.1) is 0 Å². The lowest BCUT2D eigenvalue weighted by atomic mass is 10.0. The van der Waals surface area contributed by atoms with E-state index in [4.69, 9.17) is 0 Å². The third-order valence-electron chi connectivity index (χ3n) is 3.66. The quantitative estimate of drug-likeness (QED) is 0.849. The number of carbonyl (C=O) groups is 1. The first-order valence-corrected chi connectivity index (χ1v) is 7.47. The lowest BCUT2D eigenvalue weighted by Gasteiger charge is -2.12. The van der Waals surface area contributed by atoms with Crippen molar-refractivity contribution in [2.24, 2.45) is 5.92 Å². The summed E-state index contributed by atoms with van der Waals surface area (Å²) in [5.41, 5.74) is 3.05. The van der Waals surface area contributed by atoms with E-state index in [9.17, 15) is 4.79 Å². The maximum Gasteiger partial charge on any atom is 0.251 e. The van der Waals surface area contributed by atoms with Crippen LogP contribution in [-0.4, -0.2) is 17.3 Å². The van der Waals surface area contributed by atoms with E-state index in [1.165, 1.54) is 24.8 Å². The molecule has 18 heavy (non-hydrogen) atoms. The molecule has 3 heteroatoms. The van der Waals surface area contributed by atoms with E-state index in [0.29, 0.717) is 10.7 Å². The summed E-state index contributed by atoms with van der Waals surface area (Å²) in [6.07, 6.45) is 3.61. The molecule has 1 amide bonds. The largest absolute Gasteiger partial charge is 0.352 e. The van der Waals surface area contributed by atoms with Crippen molar-refractivity contribution in [1.82, 2.24) is 5.32 Å². The van der Waals surface area contributed by atoms with Crippen LogP contribution in [0, 0.1) is 19.8 Å². The highest BCUT2D eigenvalue weighted by Gasteiger charge is 2.23. The van der Waals surface area contributed by atoms with Crippen molar-refractivity contribution < 1.29 is 4.79 Å². The van der Waals surface area contributed by atoms with Gasteiger partial charge in [-0.1, -0.05) is 33.6 Å². The molecule has 98 valence electrons. The second kappa shape index (κ2) is 5.87. The molecule has 2 atom stereocenters. The Balaban J connectivity index is 1.91. The molecule has 0 radical (unpaired) electrons. The monoisotopic (exact) mass is 309 g/mol. The minimum Gasteiger partial charge on any atom is -0.352 e. The van der Waals surface area contributed by atoms with Crippen molar-refractivity contribution >= 4 is 21.8 Å². The number of alkyl halides is 1. The Labute approximate surface area is 117 Å². The van der Waals surface area contributed by atoms with Crippen LogP contribution in [-0.2, 0) is 0 Å². The van der Waals surface area contributed by atoms with Crippen LogP contribution in [0.1, 0.15) is 40.7 Å². The fraction of sp³-hybridized carbons (Fsp3) is 0.533. The molecule has 1 aromatic carbocycles. The van der Waals surface area contributed by atoms with Crippen molar-refractivity contribution in [3.63, 3.8) is 0 Å². The number of hydrogen-bond acceptors (Lipinski definition) is 1. The number of carbonyl (C=O) groups excluding carboxylic acids is 1. The number of halogens is 1. The molecule has 0 aromatic heterocycles. The van der Waals surface area contributed by atoms with Gasteiger partial charge >= 0.3 is 0 Å². The van der Waals surface area contributed by atoms with Gasteiger partial charge in [-0.2, -0.15) is 0 Å². The average molecular weight is 310 g/mol. The number of nitrogens with one attached hydrogen (secondary N) is 1. The average Bonchev–Trinajstić information content (AvgIpc) is 2.72. The van der Waals surface area contributed by atoms with Gasteiger partial charge in [-0.15, -0.1) is 0 Å². The van der Waals surface area contributed by atoms with Crippen LogP contribution in [0.2, 0.25) is 0 Å². The Kier molecular flexibility index (Phi) is 4.44. The van der Waals surface area contributed by atoms with Crippen LogP contribution in [0.5, 0.6) is 0 Å². The zero-order valence-corrected chi connectivity index (χ0v) is 12.6. The summed E-state index contributed by atoms with van der Waals surface area (Å²) in [4.78, 5) is 12.7. The van der Waals surface area contributed by atoms with Gasteiger partial charge in [-0.05, 0) is 50.7 Å². The molecule has 0 heterocycles. The van der Waals surface area contributed by atoms with Gasteiger partial charge in [0.25, 0.3) is 5.91 Å². The third-order valence-corrected chi connectivity index (χ3v) is 4.49. The van der Waals surface area contributed by atoms with Gasteiger partial charge in [0, 0.05) is 16.9 Å². The molecule has 1 saturated carbocycles. The minimum atomic E-state index is 0.0607. The smallest absolute Gasteiger partial charge is 0.251 e. The number of rotatable bonds is 3. The maximum atomic E-state index is 12.1. The van der Waals surface area contributed by atoms with E-state index in [0.717, 1.165) is 17.7 Å². The summed E-state index contributed by atoms with van der Waals surface area (Å²) in [5.74, 6) is 0.689. The van der Waals surface area contributed by atoms with E-state index in [2.05, 4.69) is 27.3 Å². The number of amides is 1. The Hall–Kier alpha value is -0.830. The van der Waals surface area contributed by atoms with Crippen molar-refractivity contribution in [2.75, 3.05) is 6.54 Å². The Morgan fingerprint density at radius 1 is 1.39 bits per heavy atom. The second-order valence-electron chi connectivity index (χ2n) is 5.30. The SMILES string of the molecule is Cc1ccc(C(=O)NCC2CCC(Br)C2)c(C)c1. The van der Waals surface area contributed by atoms with Crippen LogP contribution in [0.15, 0.2) is 18.2 Å². The van der Waals surface area contributed by atoms with Crippen molar-refractivity contribution in [3.05, 3.63) is 34.9 Å². The van der Waals surface area contributed by atoms with Crippen LogP contribution >= 0.6 is 15.9 Å². The summed E-state index contributed by atoms with van der Waals surface area (Å²) in [6.45, 7) is 4.84. The lowest BCUT2D eigenvalue weighted by molar-refractivity contribution is 0.0947. The predicted octanol–water partition coefficient (Wildman–Crippen LogP) is 3.60. The number of aryl methyl sites for hydroxylation is 2. The van der Waals surface area contributed by atoms with Gasteiger partial charge in [0.15, 0.2) is 0 Å². The highest BCUT2D eigenvalue weighted by molar-refractivity contribution is 9.09. The van der Waals surface area contributed by atoms with Gasteiger partial charge in [0.2, 0.25) is 0 Å². The number of benzene rings is 1. The minimum absolute atomic E-state index is 0.0607. The third kappa shape index (κ3) is 3.35. The Bertz CT molecular complexity index is 444. The molecule has 0 bridgehead atoms. The molecule has 1 aromatic rings. The zero-order chi connectivity index (χ0) is 13.1. The molecule has 0 saturated heterocycles.